The van der Waals surface area contributed by atoms with Gasteiger partial charge in [0.2, 0.25) is 0 Å². The van der Waals surface area contributed by atoms with Gasteiger partial charge in [-0.15, -0.1) is 10.2 Å². The summed E-state index contributed by atoms with van der Waals surface area (Å²) in [5.74, 6) is 1.17. The third-order valence-electron chi connectivity index (χ3n) is 3.88. The summed E-state index contributed by atoms with van der Waals surface area (Å²) in [6.07, 6.45) is 0. The summed E-state index contributed by atoms with van der Waals surface area (Å²) in [4.78, 5) is 12.3. The van der Waals surface area contributed by atoms with E-state index in [1.165, 1.54) is 36.0 Å². The minimum Gasteiger partial charge on any atom is -0.496 e. The fraction of sp³-hybridized carbons (Fsp3) is 0.211. The van der Waals surface area contributed by atoms with Crippen molar-refractivity contribution in [1.29, 1.82) is 0 Å². The molecule has 0 spiro atoms. The van der Waals surface area contributed by atoms with Gasteiger partial charge in [0, 0.05) is 12.1 Å². The maximum atomic E-state index is 13.0. The first-order valence-corrected chi connectivity index (χ1v) is 9.10. The van der Waals surface area contributed by atoms with Crippen molar-refractivity contribution in [1.82, 2.24) is 14.8 Å². The molecule has 0 aliphatic rings. The van der Waals surface area contributed by atoms with Crippen LogP contribution in [-0.4, -0.2) is 33.4 Å². The summed E-state index contributed by atoms with van der Waals surface area (Å²) < 4.78 is 20.3. The molecule has 0 amide bonds. The quantitative estimate of drug-likeness (QED) is 0.462. The van der Waals surface area contributed by atoms with Crippen LogP contribution in [0.15, 0.2) is 53.7 Å². The van der Waals surface area contributed by atoms with Gasteiger partial charge in [-0.05, 0) is 43.3 Å². The van der Waals surface area contributed by atoms with Gasteiger partial charge in [0.25, 0.3) is 0 Å². The molecular weight excluding hydrogens is 353 g/mol. The number of para-hydroxylation sites is 1. The maximum absolute atomic E-state index is 13.0. The summed E-state index contributed by atoms with van der Waals surface area (Å²) in [7, 11) is 1.61. The SMILES string of the molecule is CCn1c(SCC(=O)c2ccc(F)cc2)nnc1-c1ccccc1OC. The second-order valence-corrected chi connectivity index (χ2v) is 6.41. The predicted octanol–water partition coefficient (Wildman–Crippen LogP) is 4.09. The minimum atomic E-state index is -0.360. The lowest BCUT2D eigenvalue weighted by Crippen LogP contribution is -2.05. The van der Waals surface area contributed by atoms with Crippen LogP contribution in [0, 0.1) is 5.82 Å². The second kappa shape index (κ2) is 8.14. The molecule has 2 aromatic carbocycles. The third-order valence-corrected chi connectivity index (χ3v) is 4.85. The topological polar surface area (TPSA) is 57.0 Å². The van der Waals surface area contributed by atoms with Gasteiger partial charge < -0.3 is 9.30 Å². The van der Waals surface area contributed by atoms with Crippen molar-refractivity contribution in [3.8, 4) is 17.1 Å². The van der Waals surface area contributed by atoms with Gasteiger partial charge in [-0.2, -0.15) is 0 Å². The molecule has 26 heavy (non-hydrogen) atoms. The van der Waals surface area contributed by atoms with E-state index in [4.69, 9.17) is 4.74 Å². The van der Waals surface area contributed by atoms with Crippen LogP contribution in [0.2, 0.25) is 0 Å². The number of ether oxygens (including phenoxy) is 1. The van der Waals surface area contributed by atoms with Crippen LogP contribution in [0.5, 0.6) is 5.75 Å². The number of benzene rings is 2. The molecule has 0 atom stereocenters. The Balaban J connectivity index is 1.80. The molecule has 0 aliphatic heterocycles. The average Bonchev–Trinajstić information content (AvgIpc) is 3.09. The zero-order chi connectivity index (χ0) is 18.5. The third kappa shape index (κ3) is 3.77. The Morgan fingerprint density at radius 2 is 1.88 bits per heavy atom. The van der Waals surface area contributed by atoms with Crippen molar-refractivity contribution in [2.45, 2.75) is 18.6 Å². The highest BCUT2D eigenvalue weighted by Crippen LogP contribution is 2.30. The van der Waals surface area contributed by atoms with E-state index in [-0.39, 0.29) is 17.4 Å². The number of hydrogen-bond donors (Lipinski definition) is 0. The summed E-state index contributed by atoms with van der Waals surface area (Å²) >= 11 is 1.31. The summed E-state index contributed by atoms with van der Waals surface area (Å²) in [6, 6.07) is 13.1. The smallest absolute Gasteiger partial charge is 0.191 e. The highest BCUT2D eigenvalue weighted by Gasteiger charge is 2.17. The van der Waals surface area contributed by atoms with E-state index < -0.39 is 0 Å². The largest absolute Gasteiger partial charge is 0.496 e. The number of ketones is 1. The van der Waals surface area contributed by atoms with Gasteiger partial charge in [0.15, 0.2) is 16.8 Å². The highest BCUT2D eigenvalue weighted by molar-refractivity contribution is 7.99. The molecule has 0 saturated heterocycles. The zero-order valence-corrected chi connectivity index (χ0v) is 15.3. The normalized spacial score (nSPS) is 10.7. The molecule has 0 N–H and O–H groups in total. The van der Waals surface area contributed by atoms with Crippen LogP contribution in [0.1, 0.15) is 17.3 Å². The Hall–Kier alpha value is -2.67. The Morgan fingerprint density at radius 3 is 2.58 bits per heavy atom. The second-order valence-electron chi connectivity index (χ2n) is 5.47. The number of rotatable bonds is 7. The van der Waals surface area contributed by atoms with Crippen LogP contribution in [0.3, 0.4) is 0 Å². The summed E-state index contributed by atoms with van der Waals surface area (Å²) in [5, 5.41) is 9.16. The predicted molar refractivity (Wildman–Crippen MR) is 99.1 cm³/mol. The number of hydrogen-bond acceptors (Lipinski definition) is 5. The lowest BCUT2D eigenvalue weighted by Gasteiger charge is -2.10. The number of halogens is 1. The molecule has 3 rings (SSSR count). The number of Topliss-reactive ketones (excluding diaryl/α,β-unsaturated/α-hetero) is 1. The molecule has 0 unspecified atom stereocenters. The highest BCUT2D eigenvalue weighted by atomic mass is 32.2. The summed E-state index contributed by atoms with van der Waals surface area (Å²) in [6.45, 7) is 2.65. The molecule has 134 valence electrons. The molecule has 0 radical (unpaired) electrons. The summed E-state index contributed by atoms with van der Waals surface area (Å²) in [5.41, 5.74) is 1.33. The number of carbonyl (C=O) groups excluding carboxylic acids is 1. The Kier molecular flexibility index (Phi) is 5.68. The van der Waals surface area contributed by atoms with Gasteiger partial charge in [-0.3, -0.25) is 4.79 Å². The lowest BCUT2D eigenvalue weighted by atomic mass is 10.1. The van der Waals surface area contributed by atoms with E-state index in [0.717, 1.165) is 5.56 Å². The Bertz CT molecular complexity index is 909. The molecule has 3 aromatic rings. The number of carbonyl (C=O) groups is 1. The van der Waals surface area contributed by atoms with Crippen LogP contribution >= 0.6 is 11.8 Å². The van der Waals surface area contributed by atoms with E-state index in [0.29, 0.717) is 28.8 Å². The van der Waals surface area contributed by atoms with Crippen molar-refractivity contribution < 1.29 is 13.9 Å². The van der Waals surface area contributed by atoms with Gasteiger partial charge in [0.05, 0.1) is 18.4 Å². The zero-order valence-electron chi connectivity index (χ0n) is 14.5. The number of aromatic nitrogens is 3. The van der Waals surface area contributed by atoms with E-state index in [2.05, 4.69) is 10.2 Å². The first kappa shape index (κ1) is 18.1. The molecule has 1 heterocycles. The van der Waals surface area contributed by atoms with E-state index in [1.807, 2.05) is 35.8 Å². The van der Waals surface area contributed by atoms with Gasteiger partial charge in [-0.25, -0.2) is 4.39 Å². The van der Waals surface area contributed by atoms with E-state index >= 15 is 0 Å². The Morgan fingerprint density at radius 1 is 1.15 bits per heavy atom. The van der Waals surface area contributed by atoms with Crippen LogP contribution < -0.4 is 4.74 Å². The Labute approximate surface area is 155 Å². The molecule has 5 nitrogen and oxygen atoms in total. The van der Waals surface area contributed by atoms with Crippen molar-refractivity contribution in [3.63, 3.8) is 0 Å². The minimum absolute atomic E-state index is 0.0838. The monoisotopic (exact) mass is 371 g/mol. The molecule has 0 aliphatic carbocycles. The molecule has 0 fully saturated rings. The van der Waals surface area contributed by atoms with Gasteiger partial charge >= 0.3 is 0 Å². The number of thioether (sulfide) groups is 1. The molecule has 0 bridgehead atoms. The lowest BCUT2D eigenvalue weighted by molar-refractivity contribution is 0.102. The molecule has 0 saturated carbocycles. The average molecular weight is 371 g/mol. The maximum Gasteiger partial charge on any atom is 0.191 e. The van der Waals surface area contributed by atoms with E-state index in [1.54, 1.807) is 7.11 Å². The van der Waals surface area contributed by atoms with Crippen molar-refractivity contribution in [2.75, 3.05) is 12.9 Å². The van der Waals surface area contributed by atoms with Crippen molar-refractivity contribution in [3.05, 3.63) is 59.9 Å². The van der Waals surface area contributed by atoms with Gasteiger partial charge in [-0.1, -0.05) is 23.9 Å². The van der Waals surface area contributed by atoms with Crippen molar-refractivity contribution in [2.24, 2.45) is 0 Å². The van der Waals surface area contributed by atoms with Crippen LogP contribution in [0.4, 0.5) is 4.39 Å². The fourth-order valence-corrected chi connectivity index (χ4v) is 3.46. The number of nitrogens with zero attached hydrogens (tertiary/aromatic N) is 3. The number of methoxy groups -OCH3 is 1. The van der Waals surface area contributed by atoms with Crippen LogP contribution in [-0.2, 0) is 6.54 Å². The first-order chi connectivity index (χ1) is 12.6. The molecule has 7 heteroatoms. The molecular formula is C19H18FN3O2S. The standard InChI is InChI=1S/C19H18FN3O2S/c1-3-23-18(15-6-4-5-7-17(15)25-2)21-22-19(23)26-12-16(24)13-8-10-14(20)11-9-13/h4-11H,3,12H2,1-2H3. The van der Waals surface area contributed by atoms with Crippen LogP contribution in [0.25, 0.3) is 11.4 Å². The van der Waals surface area contributed by atoms with Gasteiger partial charge in [0.1, 0.15) is 11.6 Å². The van der Waals surface area contributed by atoms with E-state index in [9.17, 15) is 9.18 Å². The van der Waals surface area contributed by atoms with Crippen molar-refractivity contribution >= 4 is 17.5 Å². The molecule has 1 aromatic heterocycles. The fourth-order valence-electron chi connectivity index (χ4n) is 2.56. The first-order valence-electron chi connectivity index (χ1n) is 8.12.